The van der Waals surface area contributed by atoms with E-state index in [1.165, 1.54) is 5.56 Å². The molecule has 0 saturated heterocycles. The maximum atomic E-state index is 12.3. The molecule has 0 unspecified atom stereocenters. The molecule has 0 spiro atoms. The number of benzene rings is 7. The quantitative estimate of drug-likeness (QED) is 0.147. The molecule has 5 heteroatoms. The summed E-state index contributed by atoms with van der Waals surface area (Å²) >= 11 is 0. The number of imidazole rings is 1. The number of fused-ring (bicyclic) bond motifs is 1. The molecule has 0 amide bonds. The number of phenolic OH excluding ortho intramolecular Hbond substituents is 1. The van der Waals surface area contributed by atoms with Crippen LogP contribution in [0.4, 0.5) is 0 Å². The number of aromatic hydroxyl groups is 1. The van der Waals surface area contributed by atoms with Crippen molar-refractivity contribution >= 4 is 11.0 Å². The van der Waals surface area contributed by atoms with Crippen molar-refractivity contribution in [3.63, 3.8) is 0 Å². The number of aromatic nitrogens is 3. The number of hydrogen-bond donors (Lipinski definition) is 1. The Labute approximate surface area is 412 Å². The molecule has 0 aliphatic heterocycles. The molecular weight excluding hydrogens is 986 g/mol. The van der Waals surface area contributed by atoms with Gasteiger partial charge >= 0.3 is 0 Å². The summed E-state index contributed by atoms with van der Waals surface area (Å²) in [6, 6.07) is 51.7. The second kappa shape index (κ2) is 18.5. The van der Waals surface area contributed by atoms with E-state index in [4.69, 9.17) is 16.8 Å². The first-order valence-electron chi connectivity index (χ1n) is 24.8. The summed E-state index contributed by atoms with van der Waals surface area (Å²) in [5.74, 6) is -1.47. The molecule has 66 heavy (non-hydrogen) atoms. The van der Waals surface area contributed by atoms with Crippen LogP contribution >= 0.6 is 0 Å². The first kappa shape index (κ1) is 40.0. The fourth-order valence-corrected chi connectivity index (χ4v) is 8.70. The molecule has 9 aromatic rings. The van der Waals surface area contributed by atoms with E-state index >= 15 is 0 Å². The normalized spacial score (nSPS) is 13.3. The van der Waals surface area contributed by atoms with E-state index in [9.17, 15) is 5.11 Å². The van der Waals surface area contributed by atoms with Crippen LogP contribution in [0, 0.1) is 26.8 Å². The van der Waals surface area contributed by atoms with Crippen LogP contribution in [0.1, 0.15) is 100 Å². The van der Waals surface area contributed by atoms with E-state index in [0.717, 1.165) is 72.5 Å². The Morgan fingerprint density at radius 1 is 0.621 bits per heavy atom. The topological polar surface area (TPSA) is 50.9 Å². The number of nitrogens with zero attached hydrogens (tertiary/aromatic N) is 3. The van der Waals surface area contributed by atoms with E-state index < -0.39 is 24.1 Å². The largest absolute Gasteiger partial charge is 0.507 e. The van der Waals surface area contributed by atoms with Gasteiger partial charge in [-0.3, -0.25) is 9.55 Å². The summed E-state index contributed by atoms with van der Waals surface area (Å²) in [6.45, 7) is 14.9. The van der Waals surface area contributed by atoms with Gasteiger partial charge in [-0.2, -0.15) is 0 Å². The molecular formula is C61H58N3OPt-. The minimum atomic E-state index is -2.60. The smallest absolute Gasteiger partial charge is 0.148 e. The summed E-state index contributed by atoms with van der Waals surface area (Å²) in [4.78, 5) is 10.3. The van der Waals surface area contributed by atoms with Gasteiger partial charge in [-0.1, -0.05) is 174 Å². The van der Waals surface area contributed by atoms with Crippen molar-refractivity contribution in [3.05, 3.63) is 191 Å². The Kier molecular flexibility index (Phi) is 11.2. The summed E-state index contributed by atoms with van der Waals surface area (Å²) in [5, 5.41) is 12.3. The molecule has 0 radical (unpaired) electrons. The molecule has 0 atom stereocenters. The predicted octanol–water partition coefficient (Wildman–Crippen LogP) is 16.4. The second-order valence-corrected chi connectivity index (χ2v) is 18.8. The fraction of sp³-hybridized carbons (Fsp3) is 0.213. The van der Waals surface area contributed by atoms with Gasteiger partial charge in [-0.25, -0.2) is 4.98 Å². The Bertz CT molecular complexity index is 3420. The molecule has 334 valence electrons. The first-order valence-corrected chi connectivity index (χ1v) is 22.3. The summed E-state index contributed by atoms with van der Waals surface area (Å²) in [7, 11) is 0. The third-order valence-corrected chi connectivity index (χ3v) is 12.3. The van der Waals surface area contributed by atoms with Crippen LogP contribution in [0.25, 0.3) is 83.9 Å². The van der Waals surface area contributed by atoms with E-state index in [1.54, 1.807) is 6.07 Å². The SMILES string of the molecule is [2H]C([2H])([2H])c1cc(-c2cc(C([2H])(C)C)cc(C([2H])(C)C)c2)ccc1-n1c(-c2cc(C)cc(C(C)(C)C)c2O)nc2c(-c3[c-]c(-c4cc(-c5ccc(C)cc5)ccn4)cc(-c4ccccc4)c3)cccc21.[Pt]. The van der Waals surface area contributed by atoms with Crippen LogP contribution in [-0.4, -0.2) is 19.6 Å². The van der Waals surface area contributed by atoms with Gasteiger partial charge in [0, 0.05) is 45.4 Å². The number of aryl methyl sites for hydroxylation is 3. The molecule has 0 fully saturated rings. The van der Waals surface area contributed by atoms with Gasteiger partial charge in [0.15, 0.2) is 0 Å². The number of rotatable bonds is 9. The van der Waals surface area contributed by atoms with Gasteiger partial charge in [0.25, 0.3) is 0 Å². The Hall–Kier alpha value is -6.35. The average Bonchev–Trinajstić information content (AvgIpc) is 3.70. The van der Waals surface area contributed by atoms with E-state index in [0.29, 0.717) is 33.7 Å². The van der Waals surface area contributed by atoms with Crippen molar-refractivity contribution in [2.75, 3.05) is 0 Å². The van der Waals surface area contributed by atoms with Crippen molar-refractivity contribution in [1.82, 2.24) is 14.5 Å². The van der Waals surface area contributed by atoms with Crippen LogP contribution in [0.5, 0.6) is 5.75 Å². The number of para-hydroxylation sites is 1. The summed E-state index contributed by atoms with van der Waals surface area (Å²) in [5.41, 5.74) is 14.6. The van der Waals surface area contributed by atoms with Crippen LogP contribution in [0.15, 0.2) is 152 Å². The zero-order chi connectivity index (χ0) is 50.1. The third kappa shape index (κ3) is 9.09. The number of hydrogen-bond acceptors (Lipinski definition) is 3. The molecule has 4 nitrogen and oxygen atoms in total. The molecule has 1 N–H and O–H groups in total. The van der Waals surface area contributed by atoms with Gasteiger partial charge in [0.2, 0.25) is 0 Å². The van der Waals surface area contributed by atoms with Gasteiger partial charge in [0.05, 0.1) is 22.3 Å². The van der Waals surface area contributed by atoms with Crippen LogP contribution in [-0.2, 0) is 26.5 Å². The zero-order valence-electron chi connectivity index (χ0n) is 44.0. The molecule has 0 aliphatic carbocycles. The standard InChI is InChI=1S/C61H58N3O.Pt/c1-37(2)46-30-47(38(3)4)32-49(31-46)44-23-24-56(41(7)29-44)64-57-18-14-17-52(58(57)63-60(64)53-27-40(6)28-54(59(53)65)61(8,9)10)50-33-48(42-15-12-11-13-16-42)34-51(35-50)55-36-45(25-26-62-55)43-21-19-39(5)20-22-43;/h11-34,36-38,65H,1-10H3;/q-1;/i7D3,37D,38D;. The number of pyridine rings is 1. The van der Waals surface area contributed by atoms with Crippen molar-refractivity contribution < 1.29 is 33.0 Å². The molecule has 2 heterocycles. The van der Waals surface area contributed by atoms with Crippen LogP contribution < -0.4 is 0 Å². The monoisotopic (exact) mass is 1050 g/mol. The van der Waals surface area contributed by atoms with Crippen LogP contribution in [0.3, 0.4) is 0 Å². The van der Waals surface area contributed by atoms with E-state index in [-0.39, 0.29) is 32.4 Å². The molecule has 0 aliphatic rings. The maximum Gasteiger partial charge on any atom is 0.148 e. The molecule has 9 rings (SSSR count). The van der Waals surface area contributed by atoms with Gasteiger partial charge in [-0.15, -0.1) is 23.8 Å². The first-order chi connectivity index (χ1) is 32.9. The Morgan fingerprint density at radius 2 is 1.27 bits per heavy atom. The van der Waals surface area contributed by atoms with Crippen LogP contribution in [0.2, 0.25) is 0 Å². The third-order valence-electron chi connectivity index (χ3n) is 12.3. The fourth-order valence-electron chi connectivity index (χ4n) is 8.70. The van der Waals surface area contributed by atoms with Gasteiger partial charge in [0.1, 0.15) is 11.6 Å². The second-order valence-electron chi connectivity index (χ2n) is 18.8. The van der Waals surface area contributed by atoms with Gasteiger partial charge < -0.3 is 5.11 Å². The minimum absolute atomic E-state index is 0. The van der Waals surface area contributed by atoms with E-state index in [1.807, 2.05) is 130 Å². The van der Waals surface area contributed by atoms with Crippen molar-refractivity contribution in [2.24, 2.45) is 0 Å². The Balaban J connectivity index is 0.00000676. The number of phenols is 1. The van der Waals surface area contributed by atoms with E-state index in [2.05, 4.69) is 88.4 Å². The molecule has 2 aromatic heterocycles. The molecule has 0 saturated carbocycles. The van der Waals surface area contributed by atoms with Crippen molar-refractivity contribution in [3.8, 4) is 78.6 Å². The minimum Gasteiger partial charge on any atom is -0.507 e. The van der Waals surface area contributed by atoms with Crippen molar-refractivity contribution in [1.29, 1.82) is 0 Å². The predicted molar refractivity (Wildman–Crippen MR) is 273 cm³/mol. The Morgan fingerprint density at radius 3 is 1.95 bits per heavy atom. The molecule has 7 aromatic carbocycles. The van der Waals surface area contributed by atoms with Crippen molar-refractivity contribution in [2.45, 2.75) is 86.4 Å². The zero-order valence-corrected chi connectivity index (χ0v) is 41.3. The summed E-state index contributed by atoms with van der Waals surface area (Å²) in [6.07, 6.45) is 1.83. The van der Waals surface area contributed by atoms with Gasteiger partial charge in [-0.05, 0) is 118 Å². The maximum absolute atomic E-state index is 12.3. The molecule has 0 bridgehead atoms. The average molecular weight is 1050 g/mol. The summed E-state index contributed by atoms with van der Waals surface area (Å²) < 4.78 is 47.0.